The van der Waals surface area contributed by atoms with Crippen LogP contribution in [0, 0.1) is 17.2 Å². The van der Waals surface area contributed by atoms with Crippen molar-refractivity contribution in [1.29, 1.82) is 0 Å². The zero-order valence-corrected chi connectivity index (χ0v) is 17.7. The highest BCUT2D eigenvalue weighted by Gasteiger charge is 2.56. The number of benzene rings is 1. The molecule has 1 spiro atoms. The number of hydrogen-bond donors (Lipinski definition) is 1. The molecular formula is C21H24BrFN4O2. The number of ether oxygens (including phenoxy) is 2. The molecular weight excluding hydrogens is 439 g/mol. The van der Waals surface area contributed by atoms with E-state index in [2.05, 4.69) is 36.1 Å². The van der Waals surface area contributed by atoms with Gasteiger partial charge in [0, 0.05) is 44.8 Å². The largest absolute Gasteiger partial charge is 0.453 e. The Morgan fingerprint density at radius 3 is 2.83 bits per heavy atom. The van der Waals surface area contributed by atoms with Crippen LogP contribution in [0.4, 0.5) is 4.39 Å². The van der Waals surface area contributed by atoms with Gasteiger partial charge in [-0.1, -0.05) is 0 Å². The highest BCUT2D eigenvalue weighted by molar-refractivity contribution is 9.10. The topological polar surface area (TPSA) is 59.5 Å². The van der Waals surface area contributed by atoms with Gasteiger partial charge < -0.3 is 19.7 Å². The molecule has 1 unspecified atom stereocenters. The summed E-state index contributed by atoms with van der Waals surface area (Å²) in [5.74, 6) is 1.60. The Labute approximate surface area is 177 Å². The first kappa shape index (κ1) is 19.4. The lowest BCUT2D eigenvalue weighted by Crippen LogP contribution is -2.72. The molecule has 0 radical (unpaired) electrons. The van der Waals surface area contributed by atoms with Crippen molar-refractivity contribution in [3.63, 3.8) is 0 Å². The van der Waals surface area contributed by atoms with Gasteiger partial charge in [-0.15, -0.1) is 0 Å². The lowest BCUT2D eigenvalue weighted by atomic mass is 9.66. The van der Waals surface area contributed by atoms with Crippen LogP contribution in [0.15, 0.2) is 35.2 Å². The van der Waals surface area contributed by atoms with Gasteiger partial charge in [-0.25, -0.2) is 14.4 Å². The summed E-state index contributed by atoms with van der Waals surface area (Å²) in [7, 11) is 0. The smallest absolute Gasteiger partial charge is 0.168 e. The summed E-state index contributed by atoms with van der Waals surface area (Å²) < 4.78 is 25.5. The Balaban J connectivity index is 1.28. The van der Waals surface area contributed by atoms with Crippen molar-refractivity contribution in [2.24, 2.45) is 11.3 Å². The maximum atomic E-state index is 13.4. The Morgan fingerprint density at radius 2 is 2.10 bits per heavy atom. The van der Waals surface area contributed by atoms with Crippen molar-refractivity contribution in [1.82, 2.24) is 20.2 Å². The van der Waals surface area contributed by atoms with Crippen LogP contribution in [-0.2, 0) is 4.74 Å². The zero-order valence-electron chi connectivity index (χ0n) is 16.1. The van der Waals surface area contributed by atoms with Gasteiger partial charge in [0.2, 0.25) is 0 Å². The first-order chi connectivity index (χ1) is 14.1. The fourth-order valence-corrected chi connectivity index (χ4v) is 5.17. The van der Waals surface area contributed by atoms with Gasteiger partial charge in [-0.05, 0) is 52.9 Å². The molecule has 154 valence electrons. The Bertz CT molecular complexity index is 887. The van der Waals surface area contributed by atoms with Crippen LogP contribution < -0.4 is 10.1 Å². The maximum absolute atomic E-state index is 13.4. The third kappa shape index (κ3) is 3.79. The molecule has 0 bridgehead atoms. The second kappa shape index (κ2) is 7.91. The monoisotopic (exact) mass is 462 g/mol. The number of hydrogen-bond acceptors (Lipinski definition) is 6. The number of nitrogens with one attached hydrogen (secondary N) is 1. The number of rotatable bonds is 5. The standard InChI is InChI=1S/C21H24BrFN4O2/c22-16-7-15(23)1-2-17(16)29-18-8-24-13-26-19(18)20-21(10-25-20)11-27(12-21)9-14-3-5-28-6-4-14/h1-2,7-8,13-14,20,25H,3-6,9-12H2. The van der Waals surface area contributed by atoms with Crippen molar-refractivity contribution in [2.75, 3.05) is 39.4 Å². The molecule has 3 aliphatic heterocycles. The Hall–Kier alpha value is -1.61. The van der Waals surface area contributed by atoms with E-state index in [4.69, 9.17) is 9.47 Å². The lowest BCUT2D eigenvalue weighted by Gasteiger charge is -2.61. The summed E-state index contributed by atoms with van der Waals surface area (Å²) >= 11 is 3.36. The third-order valence-corrected chi connectivity index (χ3v) is 6.92. The Kier molecular flexibility index (Phi) is 5.28. The molecule has 4 heterocycles. The van der Waals surface area contributed by atoms with Crippen LogP contribution in [0.25, 0.3) is 0 Å². The summed E-state index contributed by atoms with van der Waals surface area (Å²) in [6, 6.07) is 4.53. The van der Waals surface area contributed by atoms with Crippen LogP contribution in [0.1, 0.15) is 24.6 Å². The van der Waals surface area contributed by atoms with Crippen molar-refractivity contribution >= 4 is 15.9 Å². The normalized spacial score (nSPS) is 24.1. The first-order valence-corrected chi connectivity index (χ1v) is 10.9. The zero-order chi connectivity index (χ0) is 19.8. The molecule has 0 saturated carbocycles. The van der Waals surface area contributed by atoms with Gasteiger partial charge in [0.15, 0.2) is 5.75 Å². The van der Waals surface area contributed by atoms with Gasteiger partial charge in [-0.2, -0.15) is 0 Å². The number of nitrogens with zero attached hydrogens (tertiary/aromatic N) is 3. The van der Waals surface area contributed by atoms with E-state index < -0.39 is 0 Å². The van der Waals surface area contributed by atoms with E-state index in [1.165, 1.54) is 25.0 Å². The highest BCUT2D eigenvalue weighted by Crippen LogP contribution is 2.50. The van der Waals surface area contributed by atoms with Gasteiger partial charge in [0.05, 0.1) is 16.7 Å². The van der Waals surface area contributed by atoms with Crippen LogP contribution in [0.3, 0.4) is 0 Å². The van der Waals surface area contributed by atoms with E-state index in [0.717, 1.165) is 51.0 Å². The minimum Gasteiger partial charge on any atom is -0.453 e. The van der Waals surface area contributed by atoms with Crippen LogP contribution >= 0.6 is 15.9 Å². The second-order valence-electron chi connectivity index (χ2n) is 8.35. The maximum Gasteiger partial charge on any atom is 0.168 e. The molecule has 2 aromatic rings. The van der Waals surface area contributed by atoms with E-state index in [1.54, 1.807) is 18.6 Å². The van der Waals surface area contributed by atoms with Crippen LogP contribution in [0.5, 0.6) is 11.5 Å². The molecule has 0 aliphatic carbocycles. The average Bonchev–Trinajstić information content (AvgIpc) is 2.68. The SMILES string of the molecule is Fc1ccc(Oc2cncnc2C2NCC23CN(CC2CCOCC2)C3)c(Br)c1. The molecule has 1 N–H and O–H groups in total. The molecule has 3 fully saturated rings. The van der Waals surface area contributed by atoms with Crippen LogP contribution in [0.2, 0.25) is 0 Å². The van der Waals surface area contributed by atoms with Gasteiger partial charge in [0.1, 0.15) is 23.6 Å². The van der Waals surface area contributed by atoms with Crippen molar-refractivity contribution in [3.8, 4) is 11.5 Å². The predicted octanol–water partition coefficient (Wildman–Crippen LogP) is 3.54. The average molecular weight is 463 g/mol. The molecule has 1 aromatic heterocycles. The molecule has 3 aliphatic rings. The van der Waals surface area contributed by atoms with Gasteiger partial charge in [-0.3, -0.25) is 0 Å². The molecule has 1 aromatic carbocycles. The molecule has 1 atom stereocenters. The highest BCUT2D eigenvalue weighted by atomic mass is 79.9. The number of halogens is 2. The fourth-order valence-electron chi connectivity index (χ4n) is 4.74. The summed E-state index contributed by atoms with van der Waals surface area (Å²) in [4.78, 5) is 11.2. The Morgan fingerprint density at radius 1 is 1.28 bits per heavy atom. The summed E-state index contributed by atoms with van der Waals surface area (Å²) in [5, 5.41) is 3.54. The first-order valence-electron chi connectivity index (χ1n) is 10.1. The molecule has 0 amide bonds. The van der Waals surface area contributed by atoms with Crippen molar-refractivity contribution < 1.29 is 13.9 Å². The molecule has 5 rings (SSSR count). The lowest BCUT2D eigenvalue weighted by molar-refractivity contribution is -0.0947. The van der Waals surface area contributed by atoms with E-state index in [0.29, 0.717) is 16.0 Å². The van der Waals surface area contributed by atoms with Gasteiger partial charge in [0.25, 0.3) is 0 Å². The third-order valence-electron chi connectivity index (χ3n) is 6.30. The quantitative estimate of drug-likeness (QED) is 0.732. The van der Waals surface area contributed by atoms with Gasteiger partial charge >= 0.3 is 0 Å². The summed E-state index contributed by atoms with van der Waals surface area (Å²) in [6.07, 6.45) is 5.58. The number of likely N-dealkylation sites (tertiary alicyclic amines) is 1. The van der Waals surface area contributed by atoms with Crippen LogP contribution in [-0.4, -0.2) is 54.3 Å². The van der Waals surface area contributed by atoms with E-state index in [-0.39, 0.29) is 17.3 Å². The van der Waals surface area contributed by atoms with Crippen molar-refractivity contribution in [2.45, 2.75) is 18.9 Å². The second-order valence-corrected chi connectivity index (χ2v) is 9.21. The molecule has 6 nitrogen and oxygen atoms in total. The minimum absolute atomic E-state index is 0.144. The minimum atomic E-state index is -0.313. The predicted molar refractivity (Wildman–Crippen MR) is 109 cm³/mol. The number of aromatic nitrogens is 2. The van der Waals surface area contributed by atoms with E-state index in [1.807, 2.05) is 0 Å². The van der Waals surface area contributed by atoms with E-state index in [9.17, 15) is 4.39 Å². The molecule has 3 saturated heterocycles. The molecule has 29 heavy (non-hydrogen) atoms. The fraction of sp³-hybridized carbons (Fsp3) is 0.524. The summed E-state index contributed by atoms with van der Waals surface area (Å²) in [5.41, 5.74) is 1.07. The van der Waals surface area contributed by atoms with Crippen molar-refractivity contribution in [3.05, 3.63) is 46.7 Å². The summed E-state index contributed by atoms with van der Waals surface area (Å²) in [6.45, 7) is 6.10. The van der Waals surface area contributed by atoms with E-state index >= 15 is 0 Å². The molecule has 8 heteroatoms.